The molecule has 0 saturated heterocycles. The molecule has 5 N–H and O–H groups in total. The Labute approximate surface area is 117 Å². The van der Waals surface area contributed by atoms with Crippen molar-refractivity contribution >= 4 is 69.8 Å². The zero-order valence-corrected chi connectivity index (χ0v) is 11.8. The summed E-state index contributed by atoms with van der Waals surface area (Å²) in [4.78, 5) is 3.91. The molecule has 0 aliphatic carbocycles. The highest BCUT2D eigenvalue weighted by Gasteiger charge is 2.06. The van der Waals surface area contributed by atoms with Crippen LogP contribution in [0, 0.1) is 3.57 Å². The summed E-state index contributed by atoms with van der Waals surface area (Å²) < 4.78 is 0.927. The number of halogens is 4. The molecule has 4 nitrogen and oxygen atoms in total. The minimum Gasteiger partial charge on any atom is -0.369 e. The summed E-state index contributed by atoms with van der Waals surface area (Å²) in [6, 6.07) is 3.47. The van der Waals surface area contributed by atoms with Crippen LogP contribution < -0.4 is 17.0 Å². The zero-order chi connectivity index (χ0) is 10.7. The molecule has 0 fully saturated rings. The van der Waals surface area contributed by atoms with Gasteiger partial charge in [0.1, 0.15) is 5.69 Å². The standard InChI is InChI=1S/C7H7Cl2IN4.ClH/c8-4-1-3(10)2-5(9)6(4)13-7(11)14-12;/h1-2H,12H2,(H3,11,13,14);1H. The first-order valence-electron chi connectivity index (χ1n) is 3.50. The third-order valence-corrected chi connectivity index (χ3v) is 2.56. The van der Waals surface area contributed by atoms with E-state index in [1.807, 2.05) is 0 Å². The molecule has 0 saturated carbocycles. The second kappa shape index (κ2) is 6.59. The third kappa shape index (κ3) is 4.20. The first-order valence-corrected chi connectivity index (χ1v) is 5.33. The Morgan fingerprint density at radius 1 is 1.33 bits per heavy atom. The summed E-state index contributed by atoms with van der Waals surface area (Å²) in [5.41, 5.74) is 7.97. The monoisotopic (exact) mass is 380 g/mol. The van der Waals surface area contributed by atoms with E-state index in [1.165, 1.54) is 0 Å². The van der Waals surface area contributed by atoms with Crippen molar-refractivity contribution in [1.82, 2.24) is 5.43 Å². The van der Waals surface area contributed by atoms with E-state index >= 15 is 0 Å². The first-order chi connectivity index (χ1) is 6.54. The normalized spacial score (nSPS) is 10.8. The fourth-order valence-electron chi connectivity index (χ4n) is 0.794. The second-order valence-electron chi connectivity index (χ2n) is 2.36. The zero-order valence-electron chi connectivity index (χ0n) is 7.30. The van der Waals surface area contributed by atoms with Crippen LogP contribution in [0.15, 0.2) is 17.1 Å². The van der Waals surface area contributed by atoms with Crippen molar-refractivity contribution in [2.45, 2.75) is 0 Å². The molecule has 0 unspecified atom stereocenters. The largest absolute Gasteiger partial charge is 0.369 e. The van der Waals surface area contributed by atoms with Crippen LogP contribution in [0.3, 0.4) is 0 Å². The molecular weight excluding hydrogens is 373 g/mol. The van der Waals surface area contributed by atoms with Crippen LogP contribution in [0.5, 0.6) is 0 Å². The second-order valence-corrected chi connectivity index (χ2v) is 4.42. The lowest BCUT2D eigenvalue weighted by atomic mass is 10.3. The van der Waals surface area contributed by atoms with Gasteiger partial charge in [0.05, 0.1) is 10.0 Å². The minimum absolute atomic E-state index is 0. The smallest absolute Gasteiger partial charge is 0.208 e. The number of hydrogen-bond donors (Lipinski definition) is 3. The summed E-state index contributed by atoms with van der Waals surface area (Å²) >= 11 is 13.9. The van der Waals surface area contributed by atoms with Crippen molar-refractivity contribution in [3.8, 4) is 0 Å². The molecule has 0 aliphatic rings. The van der Waals surface area contributed by atoms with Gasteiger partial charge in [-0.1, -0.05) is 23.2 Å². The predicted molar refractivity (Wildman–Crippen MR) is 75.0 cm³/mol. The maximum Gasteiger partial charge on any atom is 0.208 e. The minimum atomic E-state index is 0. The van der Waals surface area contributed by atoms with Crippen LogP contribution in [-0.2, 0) is 0 Å². The van der Waals surface area contributed by atoms with Gasteiger partial charge in [-0.15, -0.1) is 12.4 Å². The van der Waals surface area contributed by atoms with Gasteiger partial charge in [-0.2, -0.15) is 0 Å². The summed E-state index contributed by atoms with van der Waals surface area (Å²) in [5.74, 6) is 5.11. The average Bonchev–Trinajstić information content (AvgIpc) is 2.10. The molecule has 0 spiro atoms. The highest BCUT2D eigenvalue weighted by atomic mass is 127. The lowest BCUT2D eigenvalue weighted by molar-refractivity contribution is 1.01. The fraction of sp³-hybridized carbons (Fsp3) is 0. The maximum absolute atomic E-state index is 5.92. The summed E-state index contributed by atoms with van der Waals surface area (Å²) in [6.45, 7) is 0. The molecule has 15 heavy (non-hydrogen) atoms. The highest BCUT2D eigenvalue weighted by Crippen LogP contribution is 2.34. The van der Waals surface area contributed by atoms with Gasteiger partial charge in [-0.3, -0.25) is 5.43 Å². The van der Waals surface area contributed by atoms with Gasteiger partial charge in [0, 0.05) is 3.57 Å². The van der Waals surface area contributed by atoms with E-state index in [4.69, 9.17) is 34.8 Å². The summed E-state index contributed by atoms with van der Waals surface area (Å²) in [7, 11) is 0. The molecule has 0 heterocycles. The Kier molecular flexibility index (Phi) is 6.62. The van der Waals surface area contributed by atoms with Gasteiger partial charge in [0.2, 0.25) is 5.96 Å². The van der Waals surface area contributed by atoms with Gasteiger partial charge in [-0.25, -0.2) is 10.8 Å². The molecule has 8 heteroatoms. The van der Waals surface area contributed by atoms with Crippen molar-refractivity contribution in [1.29, 1.82) is 0 Å². The topological polar surface area (TPSA) is 76.4 Å². The highest BCUT2D eigenvalue weighted by molar-refractivity contribution is 14.1. The molecular formula is C7H8Cl3IN4. The number of aliphatic imine (C=N–C) groups is 1. The van der Waals surface area contributed by atoms with Gasteiger partial charge >= 0.3 is 0 Å². The molecule has 0 amide bonds. The van der Waals surface area contributed by atoms with E-state index in [9.17, 15) is 0 Å². The van der Waals surface area contributed by atoms with Crippen molar-refractivity contribution in [2.75, 3.05) is 0 Å². The Balaban J connectivity index is 0.00000196. The average molecular weight is 381 g/mol. The van der Waals surface area contributed by atoms with Crippen molar-refractivity contribution < 1.29 is 0 Å². The molecule has 1 aromatic rings. The lowest BCUT2D eigenvalue weighted by Gasteiger charge is -2.04. The summed E-state index contributed by atoms with van der Waals surface area (Å²) in [5, 5.41) is 0.861. The lowest BCUT2D eigenvalue weighted by Crippen LogP contribution is -2.36. The quantitative estimate of drug-likeness (QED) is 0.230. The van der Waals surface area contributed by atoms with Crippen LogP contribution in [0.2, 0.25) is 10.0 Å². The van der Waals surface area contributed by atoms with E-state index in [0.29, 0.717) is 15.7 Å². The van der Waals surface area contributed by atoms with Crippen LogP contribution in [0.25, 0.3) is 0 Å². The van der Waals surface area contributed by atoms with Gasteiger partial charge < -0.3 is 5.73 Å². The molecule has 0 atom stereocenters. The number of nitrogens with one attached hydrogen (secondary N) is 1. The number of rotatable bonds is 1. The Morgan fingerprint density at radius 3 is 2.20 bits per heavy atom. The Hall–Kier alpha value is 0.0500. The third-order valence-electron chi connectivity index (χ3n) is 1.36. The van der Waals surface area contributed by atoms with Gasteiger partial charge in [0.25, 0.3) is 0 Å². The van der Waals surface area contributed by atoms with Gasteiger partial charge in [-0.05, 0) is 34.7 Å². The fourth-order valence-corrected chi connectivity index (χ4v) is 2.36. The number of hydrogen-bond acceptors (Lipinski definition) is 2. The number of nitrogens with zero attached hydrogens (tertiary/aromatic N) is 1. The van der Waals surface area contributed by atoms with E-state index < -0.39 is 0 Å². The van der Waals surface area contributed by atoms with E-state index in [-0.39, 0.29) is 18.4 Å². The molecule has 0 radical (unpaired) electrons. The molecule has 0 bridgehead atoms. The number of hydrazine groups is 1. The van der Waals surface area contributed by atoms with Crippen LogP contribution >= 0.6 is 58.2 Å². The molecule has 0 aliphatic heterocycles. The summed E-state index contributed by atoms with van der Waals surface area (Å²) in [6.07, 6.45) is 0. The van der Waals surface area contributed by atoms with E-state index in [2.05, 4.69) is 33.0 Å². The van der Waals surface area contributed by atoms with Crippen molar-refractivity contribution in [2.24, 2.45) is 16.6 Å². The predicted octanol–water partition coefficient (Wildman–Crippen LogP) is 2.43. The molecule has 0 aromatic heterocycles. The van der Waals surface area contributed by atoms with Crippen LogP contribution in [0.1, 0.15) is 0 Å². The number of nitrogens with two attached hydrogens (primary N) is 2. The van der Waals surface area contributed by atoms with Crippen molar-refractivity contribution in [3.63, 3.8) is 0 Å². The molecule has 1 aromatic carbocycles. The Morgan fingerprint density at radius 2 is 1.80 bits per heavy atom. The SMILES string of the molecule is Cl.NNC(N)=Nc1c(Cl)cc(I)cc1Cl. The Bertz CT molecular complexity index is 359. The van der Waals surface area contributed by atoms with E-state index in [0.717, 1.165) is 3.57 Å². The number of benzene rings is 1. The van der Waals surface area contributed by atoms with Gasteiger partial charge in [0.15, 0.2) is 0 Å². The number of guanidine groups is 1. The van der Waals surface area contributed by atoms with Crippen LogP contribution in [0.4, 0.5) is 5.69 Å². The van der Waals surface area contributed by atoms with E-state index in [1.54, 1.807) is 12.1 Å². The molecule has 84 valence electrons. The van der Waals surface area contributed by atoms with Crippen molar-refractivity contribution in [3.05, 3.63) is 25.7 Å². The van der Waals surface area contributed by atoms with Crippen LogP contribution in [-0.4, -0.2) is 5.96 Å². The first kappa shape index (κ1) is 15.0. The maximum atomic E-state index is 5.92. The molecule has 1 rings (SSSR count).